The maximum absolute atomic E-state index is 12.9. The minimum Gasteiger partial charge on any atom is -0.486 e. The van der Waals surface area contributed by atoms with Gasteiger partial charge >= 0.3 is 0 Å². The average Bonchev–Trinajstić information content (AvgIpc) is 3.44. The number of ether oxygens (including phenoxy) is 2. The first-order valence-corrected chi connectivity index (χ1v) is 12.8. The molecule has 0 unspecified atom stereocenters. The van der Waals surface area contributed by atoms with E-state index in [0.29, 0.717) is 30.8 Å². The van der Waals surface area contributed by atoms with Gasteiger partial charge in [0.25, 0.3) is 5.91 Å². The summed E-state index contributed by atoms with van der Waals surface area (Å²) < 4.78 is 17.1. The van der Waals surface area contributed by atoms with Crippen molar-refractivity contribution in [2.45, 2.75) is 40.2 Å². The molecule has 7 heteroatoms. The summed E-state index contributed by atoms with van der Waals surface area (Å²) in [5.74, 6) is 2.87. The minimum absolute atomic E-state index is 0.00197. The molecule has 0 aliphatic carbocycles. The highest BCUT2D eigenvalue weighted by molar-refractivity contribution is 7.16. The normalized spacial score (nSPS) is 21.3. The van der Waals surface area contributed by atoms with Crippen LogP contribution >= 0.6 is 11.3 Å². The average molecular weight is 481 g/mol. The fraction of sp³-hybridized carbons (Fsp3) is 0.444. The van der Waals surface area contributed by atoms with Crippen LogP contribution in [-0.2, 0) is 0 Å². The van der Waals surface area contributed by atoms with Crippen LogP contribution in [0.25, 0.3) is 0 Å². The molecule has 6 nitrogen and oxygen atoms in total. The van der Waals surface area contributed by atoms with E-state index >= 15 is 0 Å². The Bertz CT molecular complexity index is 1160. The van der Waals surface area contributed by atoms with Gasteiger partial charge in [-0.3, -0.25) is 9.69 Å². The Hall–Kier alpha value is -2.77. The molecule has 1 aromatic carbocycles. The quantitative estimate of drug-likeness (QED) is 0.482. The van der Waals surface area contributed by atoms with E-state index in [1.165, 1.54) is 23.1 Å². The van der Waals surface area contributed by atoms with E-state index in [2.05, 4.69) is 50.0 Å². The summed E-state index contributed by atoms with van der Waals surface area (Å²) in [6.45, 7) is 12.1. The number of rotatable bonds is 5. The molecule has 1 amide bonds. The summed E-state index contributed by atoms with van der Waals surface area (Å²) in [6.07, 6.45) is 2.75. The van der Waals surface area contributed by atoms with Gasteiger partial charge in [-0.2, -0.15) is 0 Å². The third-order valence-corrected chi connectivity index (χ3v) is 7.96. The zero-order chi connectivity index (χ0) is 23.8. The fourth-order valence-electron chi connectivity index (χ4n) is 5.35. The lowest BCUT2D eigenvalue weighted by Crippen LogP contribution is -2.41. The van der Waals surface area contributed by atoms with Crippen molar-refractivity contribution >= 4 is 22.2 Å². The van der Waals surface area contributed by atoms with Gasteiger partial charge in [-0.05, 0) is 67.5 Å². The number of amides is 1. The number of nitrogens with zero attached hydrogens (tertiary/aromatic N) is 1. The number of likely N-dealkylation sites (tertiary alicyclic amines) is 1. The van der Waals surface area contributed by atoms with Gasteiger partial charge in [0.1, 0.15) is 18.2 Å². The first kappa shape index (κ1) is 23.0. The number of nitrogens with one attached hydrogen (secondary N) is 1. The van der Waals surface area contributed by atoms with Crippen LogP contribution < -0.4 is 14.8 Å². The Morgan fingerprint density at radius 2 is 1.82 bits per heavy atom. The summed E-state index contributed by atoms with van der Waals surface area (Å²) in [4.78, 5) is 16.7. The first-order valence-electron chi connectivity index (χ1n) is 12.0. The zero-order valence-corrected chi connectivity index (χ0v) is 21.0. The Balaban J connectivity index is 1.60. The molecule has 0 saturated carbocycles. The summed E-state index contributed by atoms with van der Waals surface area (Å²) in [5.41, 5.74) is 3.52. The van der Waals surface area contributed by atoms with Crippen molar-refractivity contribution in [1.82, 2.24) is 4.90 Å². The summed E-state index contributed by atoms with van der Waals surface area (Å²) in [5, 5.41) is 4.03. The van der Waals surface area contributed by atoms with Gasteiger partial charge in [0.15, 0.2) is 17.3 Å². The smallest absolute Gasteiger partial charge is 0.291 e. The number of hydrogen-bond acceptors (Lipinski definition) is 6. The number of carbonyl (C=O) groups excluding carboxylic acids is 1. The van der Waals surface area contributed by atoms with Crippen LogP contribution in [0.4, 0.5) is 5.00 Å². The van der Waals surface area contributed by atoms with Crippen molar-refractivity contribution in [3.8, 4) is 11.5 Å². The molecule has 1 fully saturated rings. The maximum atomic E-state index is 12.9. The molecule has 180 valence electrons. The van der Waals surface area contributed by atoms with E-state index in [0.717, 1.165) is 40.7 Å². The number of furan rings is 1. The van der Waals surface area contributed by atoms with Crippen molar-refractivity contribution in [3.05, 3.63) is 63.9 Å². The van der Waals surface area contributed by atoms with Gasteiger partial charge in [-0.15, -0.1) is 11.3 Å². The predicted octanol–water partition coefficient (Wildman–Crippen LogP) is 6.05. The fourth-order valence-corrected chi connectivity index (χ4v) is 6.44. The number of aryl methyl sites for hydroxylation is 1. The summed E-state index contributed by atoms with van der Waals surface area (Å²) in [6, 6.07) is 9.70. The lowest BCUT2D eigenvalue weighted by atomic mass is 9.87. The number of anilines is 1. The Labute approximate surface area is 204 Å². The highest BCUT2D eigenvalue weighted by atomic mass is 32.1. The molecular weight excluding hydrogens is 448 g/mol. The van der Waals surface area contributed by atoms with Gasteiger partial charge < -0.3 is 19.2 Å². The number of fused-ring (bicyclic) bond motifs is 1. The second-order valence-electron chi connectivity index (χ2n) is 9.66. The second kappa shape index (κ2) is 9.47. The highest BCUT2D eigenvalue weighted by Crippen LogP contribution is 2.45. The molecule has 0 spiro atoms. The van der Waals surface area contributed by atoms with Crippen LogP contribution in [0.5, 0.6) is 11.5 Å². The Morgan fingerprint density at radius 1 is 1.09 bits per heavy atom. The maximum Gasteiger partial charge on any atom is 0.291 e. The first-order chi connectivity index (χ1) is 16.4. The van der Waals surface area contributed by atoms with Crippen LogP contribution in [0.1, 0.15) is 58.4 Å². The molecule has 0 radical (unpaired) electrons. The molecule has 3 aromatic rings. The molecule has 2 aliphatic rings. The molecule has 5 rings (SSSR count). The highest BCUT2D eigenvalue weighted by Gasteiger charge is 2.34. The van der Waals surface area contributed by atoms with Gasteiger partial charge in [-0.25, -0.2) is 0 Å². The molecule has 4 heterocycles. The molecule has 3 atom stereocenters. The Morgan fingerprint density at radius 3 is 2.53 bits per heavy atom. The van der Waals surface area contributed by atoms with E-state index in [9.17, 15) is 4.79 Å². The number of thiophene rings is 1. The lowest BCUT2D eigenvalue weighted by molar-refractivity contribution is 0.0995. The largest absolute Gasteiger partial charge is 0.486 e. The standard InChI is InChI=1S/C27H32N2O4S/c1-16-12-17(2)15-29(14-16)25(20-7-8-21-23(13-20)33-11-10-32-21)24-18(3)19(4)34-27(24)28-26(30)22-6-5-9-31-22/h5-9,13,16-17,25H,10-12,14-15H2,1-4H3,(H,28,30)/t16-,17-,25-/m0/s1. The van der Waals surface area contributed by atoms with E-state index < -0.39 is 0 Å². The van der Waals surface area contributed by atoms with Gasteiger partial charge in [-0.1, -0.05) is 19.9 Å². The van der Waals surface area contributed by atoms with Crippen molar-refractivity contribution in [2.24, 2.45) is 11.8 Å². The predicted molar refractivity (Wildman–Crippen MR) is 134 cm³/mol. The van der Waals surface area contributed by atoms with Crippen LogP contribution in [0, 0.1) is 25.7 Å². The Kier molecular flexibility index (Phi) is 6.40. The minimum atomic E-state index is -0.228. The molecule has 34 heavy (non-hydrogen) atoms. The van der Waals surface area contributed by atoms with Crippen LogP contribution in [0.2, 0.25) is 0 Å². The van der Waals surface area contributed by atoms with Crippen molar-refractivity contribution in [3.63, 3.8) is 0 Å². The van der Waals surface area contributed by atoms with Gasteiger partial charge in [0, 0.05) is 23.5 Å². The molecule has 2 aromatic heterocycles. The van der Waals surface area contributed by atoms with Crippen molar-refractivity contribution in [2.75, 3.05) is 31.6 Å². The van der Waals surface area contributed by atoms with Gasteiger partial charge in [0.2, 0.25) is 0 Å². The third-order valence-electron chi connectivity index (χ3n) is 6.82. The number of hydrogen-bond donors (Lipinski definition) is 1. The molecular formula is C27H32N2O4S. The topological polar surface area (TPSA) is 63.9 Å². The van der Waals surface area contributed by atoms with Crippen LogP contribution in [-0.4, -0.2) is 37.1 Å². The van der Waals surface area contributed by atoms with Crippen LogP contribution in [0.3, 0.4) is 0 Å². The monoisotopic (exact) mass is 480 g/mol. The van der Waals surface area contributed by atoms with E-state index in [1.54, 1.807) is 23.5 Å². The van der Waals surface area contributed by atoms with E-state index in [-0.39, 0.29) is 11.9 Å². The molecule has 1 N–H and O–H groups in total. The third kappa shape index (κ3) is 4.46. The van der Waals surface area contributed by atoms with Crippen molar-refractivity contribution < 1.29 is 18.7 Å². The molecule has 1 saturated heterocycles. The number of carbonyl (C=O) groups is 1. The lowest BCUT2D eigenvalue weighted by Gasteiger charge is -2.41. The van der Waals surface area contributed by atoms with E-state index in [4.69, 9.17) is 13.9 Å². The summed E-state index contributed by atoms with van der Waals surface area (Å²) >= 11 is 1.63. The number of benzene rings is 1. The van der Waals surface area contributed by atoms with Crippen LogP contribution in [0.15, 0.2) is 41.0 Å². The van der Waals surface area contributed by atoms with Gasteiger partial charge in [0.05, 0.1) is 12.3 Å². The number of piperidine rings is 1. The SMILES string of the molecule is Cc1sc(NC(=O)c2ccco2)c([C@H](c2ccc3c(c2)OCCO3)N2C[C@@H](C)C[C@H](C)C2)c1C. The zero-order valence-electron chi connectivity index (χ0n) is 20.2. The van der Waals surface area contributed by atoms with E-state index in [1.807, 2.05) is 6.07 Å². The molecule has 2 aliphatic heterocycles. The molecule has 0 bridgehead atoms. The summed E-state index contributed by atoms with van der Waals surface area (Å²) in [7, 11) is 0. The van der Waals surface area contributed by atoms with Crippen molar-refractivity contribution in [1.29, 1.82) is 0 Å². The second-order valence-corrected chi connectivity index (χ2v) is 10.9.